The SMILES string of the molecule is CCOC(C(=O)Cc1ccccc1F)C(C)(C)C. The van der Waals surface area contributed by atoms with Crippen molar-refractivity contribution in [1.82, 2.24) is 0 Å². The molecule has 18 heavy (non-hydrogen) atoms. The summed E-state index contributed by atoms with van der Waals surface area (Å²) in [4.78, 5) is 12.2. The lowest BCUT2D eigenvalue weighted by Crippen LogP contribution is -2.38. The van der Waals surface area contributed by atoms with Gasteiger partial charge in [0, 0.05) is 13.0 Å². The Balaban J connectivity index is 2.83. The van der Waals surface area contributed by atoms with Crippen LogP contribution in [0.15, 0.2) is 24.3 Å². The number of rotatable bonds is 5. The maximum Gasteiger partial charge on any atom is 0.166 e. The lowest BCUT2D eigenvalue weighted by molar-refractivity contribution is -0.136. The Labute approximate surface area is 108 Å². The molecule has 100 valence electrons. The molecule has 0 aliphatic heterocycles. The van der Waals surface area contributed by atoms with Crippen LogP contribution in [0, 0.1) is 11.2 Å². The summed E-state index contributed by atoms with van der Waals surface area (Å²) in [7, 11) is 0. The predicted octanol–water partition coefficient (Wildman–Crippen LogP) is 3.39. The van der Waals surface area contributed by atoms with Crippen LogP contribution in [0.2, 0.25) is 0 Å². The van der Waals surface area contributed by atoms with Crippen LogP contribution in [0.4, 0.5) is 4.39 Å². The molecule has 0 aliphatic carbocycles. The fourth-order valence-electron chi connectivity index (χ4n) is 1.91. The maximum atomic E-state index is 13.5. The zero-order valence-electron chi connectivity index (χ0n) is 11.5. The quantitative estimate of drug-likeness (QED) is 0.803. The van der Waals surface area contributed by atoms with Gasteiger partial charge in [0.05, 0.1) is 0 Å². The molecule has 0 spiro atoms. The lowest BCUT2D eigenvalue weighted by Gasteiger charge is -2.29. The second kappa shape index (κ2) is 6.10. The fourth-order valence-corrected chi connectivity index (χ4v) is 1.91. The van der Waals surface area contributed by atoms with E-state index in [4.69, 9.17) is 4.74 Å². The molecule has 0 saturated carbocycles. The van der Waals surface area contributed by atoms with Crippen LogP contribution in [0.1, 0.15) is 33.3 Å². The van der Waals surface area contributed by atoms with Crippen LogP contribution in [0.25, 0.3) is 0 Å². The number of hydrogen-bond acceptors (Lipinski definition) is 2. The summed E-state index contributed by atoms with van der Waals surface area (Å²) in [5.74, 6) is -0.413. The Bertz CT molecular complexity index is 407. The van der Waals surface area contributed by atoms with Crippen molar-refractivity contribution < 1.29 is 13.9 Å². The molecular weight excluding hydrogens is 231 g/mol. The summed E-state index contributed by atoms with van der Waals surface area (Å²) in [5.41, 5.74) is 0.148. The highest BCUT2D eigenvalue weighted by atomic mass is 19.1. The molecular formula is C15H21FO2. The molecule has 1 aromatic carbocycles. The molecule has 0 aliphatic rings. The standard InChI is InChI=1S/C15H21FO2/c1-5-18-14(15(2,3)4)13(17)10-11-8-6-7-9-12(11)16/h6-9,14H,5,10H2,1-4H3. The number of ketones is 1. The average molecular weight is 252 g/mol. The van der Waals surface area contributed by atoms with Gasteiger partial charge in [0.25, 0.3) is 0 Å². The van der Waals surface area contributed by atoms with Gasteiger partial charge in [-0.1, -0.05) is 39.0 Å². The molecule has 1 atom stereocenters. The van der Waals surface area contributed by atoms with Crippen LogP contribution in [0.5, 0.6) is 0 Å². The second-order valence-corrected chi connectivity index (χ2v) is 5.44. The molecule has 0 N–H and O–H groups in total. The van der Waals surface area contributed by atoms with Gasteiger partial charge in [0.15, 0.2) is 5.78 Å². The van der Waals surface area contributed by atoms with Crippen molar-refractivity contribution in [3.63, 3.8) is 0 Å². The molecule has 0 aromatic heterocycles. The van der Waals surface area contributed by atoms with Crippen LogP contribution in [-0.2, 0) is 16.0 Å². The first-order chi connectivity index (χ1) is 8.36. The van der Waals surface area contributed by atoms with Crippen LogP contribution >= 0.6 is 0 Å². The monoisotopic (exact) mass is 252 g/mol. The minimum atomic E-state index is -0.498. The third kappa shape index (κ3) is 3.91. The van der Waals surface area contributed by atoms with Gasteiger partial charge in [-0.3, -0.25) is 4.79 Å². The van der Waals surface area contributed by atoms with Gasteiger partial charge in [0.1, 0.15) is 11.9 Å². The first-order valence-corrected chi connectivity index (χ1v) is 6.24. The summed E-state index contributed by atoms with van der Waals surface area (Å²) in [5, 5.41) is 0. The third-order valence-corrected chi connectivity index (χ3v) is 2.73. The van der Waals surface area contributed by atoms with Crippen LogP contribution in [-0.4, -0.2) is 18.5 Å². The van der Waals surface area contributed by atoms with Crippen molar-refractivity contribution in [1.29, 1.82) is 0 Å². The first-order valence-electron chi connectivity index (χ1n) is 6.24. The molecule has 0 saturated heterocycles. The minimum absolute atomic E-state index is 0.0746. The highest BCUT2D eigenvalue weighted by Gasteiger charge is 2.31. The van der Waals surface area contributed by atoms with Crippen molar-refractivity contribution in [3.05, 3.63) is 35.6 Å². The summed E-state index contributed by atoms with van der Waals surface area (Å²) >= 11 is 0. The van der Waals surface area contributed by atoms with E-state index in [9.17, 15) is 9.18 Å². The maximum absolute atomic E-state index is 13.5. The molecule has 1 unspecified atom stereocenters. The molecule has 0 radical (unpaired) electrons. The largest absolute Gasteiger partial charge is 0.370 e. The van der Waals surface area contributed by atoms with E-state index >= 15 is 0 Å². The van der Waals surface area contributed by atoms with Gasteiger partial charge >= 0.3 is 0 Å². The van der Waals surface area contributed by atoms with Gasteiger partial charge < -0.3 is 4.74 Å². The van der Waals surface area contributed by atoms with E-state index < -0.39 is 6.10 Å². The van der Waals surface area contributed by atoms with Crippen LogP contribution < -0.4 is 0 Å². The Morgan fingerprint density at radius 3 is 2.44 bits per heavy atom. The smallest absolute Gasteiger partial charge is 0.166 e. The molecule has 3 heteroatoms. The summed E-state index contributed by atoms with van der Waals surface area (Å²) in [6, 6.07) is 6.36. The predicted molar refractivity (Wildman–Crippen MR) is 70.0 cm³/mol. The topological polar surface area (TPSA) is 26.3 Å². The average Bonchev–Trinajstić information content (AvgIpc) is 2.27. The van der Waals surface area contributed by atoms with Crippen molar-refractivity contribution in [2.75, 3.05) is 6.61 Å². The summed E-state index contributed by atoms with van der Waals surface area (Å²) in [6.45, 7) is 8.19. The summed E-state index contributed by atoms with van der Waals surface area (Å²) < 4.78 is 19.0. The molecule has 1 rings (SSSR count). The van der Waals surface area contributed by atoms with E-state index in [1.165, 1.54) is 6.07 Å². The molecule has 0 heterocycles. The van der Waals surface area contributed by atoms with E-state index in [1.54, 1.807) is 18.2 Å². The Kier molecular flexibility index (Phi) is 5.03. The van der Waals surface area contributed by atoms with Gasteiger partial charge in [0.2, 0.25) is 0 Å². The normalized spacial score (nSPS) is 13.4. The lowest BCUT2D eigenvalue weighted by atomic mass is 9.84. The minimum Gasteiger partial charge on any atom is -0.370 e. The number of hydrogen-bond donors (Lipinski definition) is 0. The number of benzene rings is 1. The van der Waals surface area contributed by atoms with Gasteiger partial charge in [-0.2, -0.15) is 0 Å². The van der Waals surface area contributed by atoms with Crippen molar-refractivity contribution >= 4 is 5.78 Å². The number of carbonyl (C=O) groups is 1. The molecule has 0 fully saturated rings. The highest BCUT2D eigenvalue weighted by Crippen LogP contribution is 2.24. The van der Waals surface area contributed by atoms with Crippen molar-refractivity contribution in [2.45, 2.75) is 40.2 Å². The Morgan fingerprint density at radius 2 is 1.94 bits per heavy atom. The zero-order valence-corrected chi connectivity index (χ0v) is 11.5. The second-order valence-electron chi connectivity index (χ2n) is 5.44. The van der Waals surface area contributed by atoms with Gasteiger partial charge in [-0.15, -0.1) is 0 Å². The zero-order chi connectivity index (χ0) is 13.8. The van der Waals surface area contributed by atoms with Crippen molar-refractivity contribution in [2.24, 2.45) is 5.41 Å². The van der Waals surface area contributed by atoms with Crippen molar-refractivity contribution in [3.8, 4) is 0 Å². The number of ether oxygens (including phenoxy) is 1. The first kappa shape index (κ1) is 14.8. The van der Waals surface area contributed by atoms with E-state index in [1.807, 2.05) is 27.7 Å². The van der Waals surface area contributed by atoms with E-state index in [-0.39, 0.29) is 23.4 Å². The highest BCUT2D eigenvalue weighted by molar-refractivity contribution is 5.86. The Morgan fingerprint density at radius 1 is 1.33 bits per heavy atom. The fraction of sp³-hybridized carbons (Fsp3) is 0.533. The molecule has 2 nitrogen and oxygen atoms in total. The van der Waals surface area contributed by atoms with E-state index in [2.05, 4.69) is 0 Å². The third-order valence-electron chi connectivity index (χ3n) is 2.73. The number of carbonyl (C=O) groups excluding carboxylic acids is 1. The van der Waals surface area contributed by atoms with Gasteiger partial charge in [-0.25, -0.2) is 4.39 Å². The Hall–Kier alpha value is -1.22. The number of Topliss-reactive ketones (excluding diaryl/α,β-unsaturated/α-hetero) is 1. The molecule has 1 aromatic rings. The van der Waals surface area contributed by atoms with Crippen LogP contribution in [0.3, 0.4) is 0 Å². The molecule has 0 amide bonds. The van der Waals surface area contributed by atoms with E-state index in [0.717, 1.165) is 0 Å². The molecule has 0 bridgehead atoms. The number of halogens is 1. The van der Waals surface area contributed by atoms with Gasteiger partial charge in [-0.05, 0) is 24.0 Å². The van der Waals surface area contributed by atoms with E-state index in [0.29, 0.717) is 12.2 Å². The summed E-state index contributed by atoms with van der Waals surface area (Å²) in [6.07, 6.45) is -0.420.